The Hall–Kier alpha value is -1.17. The molecule has 1 heterocycles. The zero-order valence-electron chi connectivity index (χ0n) is 6.80. The molecule has 1 aromatic heterocycles. The first-order valence-corrected chi connectivity index (χ1v) is 4.57. The van der Waals surface area contributed by atoms with Crippen molar-refractivity contribution in [1.29, 1.82) is 0 Å². The molecular formula is C8H5F3N2S. The molecule has 0 amide bonds. The van der Waals surface area contributed by atoms with Gasteiger partial charge >= 0.3 is 5.51 Å². The van der Waals surface area contributed by atoms with Crippen molar-refractivity contribution in [3.05, 3.63) is 24.3 Å². The lowest BCUT2D eigenvalue weighted by atomic mass is 10.3. The van der Waals surface area contributed by atoms with Crippen LogP contribution in [-0.4, -0.2) is 15.5 Å². The molecule has 2 rings (SSSR count). The molecule has 1 aromatic carbocycles. The third-order valence-electron chi connectivity index (χ3n) is 1.58. The molecule has 0 saturated carbocycles. The van der Waals surface area contributed by atoms with Gasteiger partial charge in [-0.1, -0.05) is 12.1 Å². The second-order valence-corrected chi connectivity index (χ2v) is 3.66. The average Bonchev–Trinajstić information content (AvgIpc) is 2.42. The van der Waals surface area contributed by atoms with Crippen LogP contribution in [0.15, 0.2) is 29.4 Å². The number of hydrogen-bond donors (Lipinski definition) is 1. The van der Waals surface area contributed by atoms with Crippen LogP contribution in [0, 0.1) is 0 Å². The zero-order chi connectivity index (χ0) is 10.2. The van der Waals surface area contributed by atoms with E-state index in [-0.39, 0.29) is 16.9 Å². The molecular weight excluding hydrogens is 213 g/mol. The third kappa shape index (κ3) is 2.01. The van der Waals surface area contributed by atoms with Crippen molar-refractivity contribution in [2.24, 2.45) is 0 Å². The average molecular weight is 218 g/mol. The van der Waals surface area contributed by atoms with E-state index in [9.17, 15) is 13.2 Å². The third-order valence-corrected chi connectivity index (χ3v) is 2.20. The molecule has 74 valence electrons. The summed E-state index contributed by atoms with van der Waals surface area (Å²) >= 11 is -0.240. The Morgan fingerprint density at radius 3 is 2.57 bits per heavy atom. The number of nitrogens with one attached hydrogen (secondary N) is 1. The van der Waals surface area contributed by atoms with Gasteiger partial charge in [0.15, 0.2) is 5.16 Å². The summed E-state index contributed by atoms with van der Waals surface area (Å²) in [6.07, 6.45) is 0. The highest BCUT2D eigenvalue weighted by atomic mass is 32.2. The van der Waals surface area contributed by atoms with Crippen LogP contribution in [0.2, 0.25) is 0 Å². The summed E-state index contributed by atoms with van der Waals surface area (Å²) in [5.41, 5.74) is -3.15. The Bertz CT molecular complexity index is 416. The molecule has 0 aliphatic heterocycles. The van der Waals surface area contributed by atoms with E-state index in [4.69, 9.17) is 0 Å². The van der Waals surface area contributed by atoms with Crippen LogP contribution in [-0.2, 0) is 0 Å². The highest BCUT2D eigenvalue weighted by Gasteiger charge is 2.30. The summed E-state index contributed by atoms with van der Waals surface area (Å²) in [6, 6.07) is 6.81. The quantitative estimate of drug-likeness (QED) is 0.745. The molecule has 2 aromatic rings. The van der Waals surface area contributed by atoms with E-state index in [1.807, 2.05) is 0 Å². The van der Waals surface area contributed by atoms with Gasteiger partial charge in [-0.05, 0) is 12.1 Å². The number of nitrogens with zero attached hydrogens (tertiary/aromatic N) is 1. The molecule has 0 fully saturated rings. The summed E-state index contributed by atoms with van der Waals surface area (Å²) in [4.78, 5) is 6.37. The number of aromatic nitrogens is 2. The van der Waals surface area contributed by atoms with Gasteiger partial charge in [0.2, 0.25) is 0 Å². The van der Waals surface area contributed by atoms with Crippen molar-refractivity contribution in [2.75, 3.05) is 0 Å². The van der Waals surface area contributed by atoms with E-state index in [1.54, 1.807) is 24.3 Å². The van der Waals surface area contributed by atoms with Crippen molar-refractivity contribution >= 4 is 22.8 Å². The van der Waals surface area contributed by atoms with Crippen LogP contribution in [0.25, 0.3) is 11.0 Å². The zero-order valence-corrected chi connectivity index (χ0v) is 7.62. The maximum Gasteiger partial charge on any atom is 0.449 e. The lowest BCUT2D eigenvalue weighted by Gasteiger charge is -2.00. The number of alkyl halides is 3. The number of halogens is 3. The van der Waals surface area contributed by atoms with Gasteiger partial charge in [-0.3, -0.25) is 0 Å². The van der Waals surface area contributed by atoms with Gasteiger partial charge in [-0.15, -0.1) is 0 Å². The Kier molecular flexibility index (Phi) is 2.14. The number of H-pyrrole nitrogens is 1. The molecule has 0 radical (unpaired) electrons. The number of hydrogen-bond acceptors (Lipinski definition) is 2. The van der Waals surface area contributed by atoms with Crippen LogP contribution in [0.1, 0.15) is 0 Å². The Morgan fingerprint density at radius 1 is 1.21 bits per heavy atom. The van der Waals surface area contributed by atoms with E-state index in [0.29, 0.717) is 11.0 Å². The van der Waals surface area contributed by atoms with Crippen molar-refractivity contribution in [1.82, 2.24) is 9.97 Å². The number of para-hydroxylation sites is 2. The van der Waals surface area contributed by atoms with Gasteiger partial charge < -0.3 is 4.98 Å². The summed E-state index contributed by atoms with van der Waals surface area (Å²) in [5.74, 6) is 0. The number of imidazole rings is 1. The predicted octanol–water partition coefficient (Wildman–Crippen LogP) is 3.17. The predicted molar refractivity (Wildman–Crippen MR) is 48.0 cm³/mol. The van der Waals surface area contributed by atoms with E-state index < -0.39 is 5.51 Å². The van der Waals surface area contributed by atoms with Crippen molar-refractivity contribution < 1.29 is 13.2 Å². The lowest BCUT2D eigenvalue weighted by molar-refractivity contribution is -0.0330. The molecule has 0 aliphatic rings. The van der Waals surface area contributed by atoms with Crippen molar-refractivity contribution in [2.45, 2.75) is 10.7 Å². The number of fused-ring (bicyclic) bond motifs is 1. The SMILES string of the molecule is FC(F)(F)Sc1nc2ccccc2[nH]1. The van der Waals surface area contributed by atoms with Gasteiger partial charge in [0.05, 0.1) is 11.0 Å². The van der Waals surface area contributed by atoms with E-state index in [0.717, 1.165) is 0 Å². The van der Waals surface area contributed by atoms with Gasteiger partial charge in [-0.25, -0.2) is 4.98 Å². The van der Waals surface area contributed by atoms with Gasteiger partial charge in [0.25, 0.3) is 0 Å². The van der Waals surface area contributed by atoms with E-state index >= 15 is 0 Å². The monoisotopic (exact) mass is 218 g/mol. The van der Waals surface area contributed by atoms with Crippen LogP contribution in [0.5, 0.6) is 0 Å². The summed E-state index contributed by atoms with van der Waals surface area (Å²) in [5, 5.41) is -0.126. The van der Waals surface area contributed by atoms with Crippen LogP contribution in [0.3, 0.4) is 0 Å². The molecule has 6 heteroatoms. The summed E-state index contributed by atoms with van der Waals surface area (Å²) in [7, 11) is 0. The van der Waals surface area contributed by atoms with Crippen molar-refractivity contribution in [3.63, 3.8) is 0 Å². The Morgan fingerprint density at radius 2 is 1.93 bits per heavy atom. The van der Waals surface area contributed by atoms with Crippen LogP contribution >= 0.6 is 11.8 Å². The first-order valence-electron chi connectivity index (χ1n) is 3.75. The van der Waals surface area contributed by atoms with Crippen LogP contribution in [0.4, 0.5) is 13.2 Å². The molecule has 14 heavy (non-hydrogen) atoms. The molecule has 0 aliphatic carbocycles. The van der Waals surface area contributed by atoms with E-state index in [2.05, 4.69) is 9.97 Å². The number of thioether (sulfide) groups is 1. The topological polar surface area (TPSA) is 28.7 Å². The molecule has 0 spiro atoms. The first kappa shape index (κ1) is 9.39. The maximum absolute atomic E-state index is 12.0. The minimum Gasteiger partial charge on any atom is -0.333 e. The standard InChI is InChI=1S/C8H5F3N2S/c9-8(10,11)14-7-12-5-3-1-2-4-6(5)13-7/h1-4H,(H,12,13). The number of aromatic amines is 1. The highest BCUT2D eigenvalue weighted by Crippen LogP contribution is 2.35. The minimum absolute atomic E-state index is 0.126. The number of rotatable bonds is 1. The smallest absolute Gasteiger partial charge is 0.333 e. The maximum atomic E-state index is 12.0. The second kappa shape index (κ2) is 3.20. The minimum atomic E-state index is -4.30. The molecule has 0 saturated heterocycles. The van der Waals surface area contributed by atoms with Crippen molar-refractivity contribution in [3.8, 4) is 0 Å². The fourth-order valence-electron chi connectivity index (χ4n) is 1.09. The number of benzene rings is 1. The summed E-state index contributed by atoms with van der Waals surface area (Å²) in [6.45, 7) is 0. The lowest BCUT2D eigenvalue weighted by Crippen LogP contribution is -1.99. The Labute approximate surface area is 81.5 Å². The molecule has 1 N–H and O–H groups in total. The normalized spacial score (nSPS) is 12.2. The highest BCUT2D eigenvalue weighted by molar-refractivity contribution is 8.00. The Balaban J connectivity index is 2.36. The molecule has 0 atom stereocenters. The first-order chi connectivity index (χ1) is 6.54. The molecule has 0 unspecified atom stereocenters. The fourth-order valence-corrected chi connectivity index (χ4v) is 1.61. The van der Waals surface area contributed by atoms with E-state index in [1.165, 1.54) is 0 Å². The second-order valence-electron chi connectivity index (χ2n) is 2.61. The fraction of sp³-hybridized carbons (Fsp3) is 0.125. The largest absolute Gasteiger partial charge is 0.449 e. The van der Waals surface area contributed by atoms with Gasteiger partial charge in [0.1, 0.15) is 0 Å². The summed E-state index contributed by atoms with van der Waals surface area (Å²) < 4.78 is 35.9. The molecule has 0 bridgehead atoms. The van der Waals surface area contributed by atoms with Crippen LogP contribution < -0.4 is 0 Å². The van der Waals surface area contributed by atoms with Gasteiger partial charge in [0, 0.05) is 11.8 Å². The molecule has 2 nitrogen and oxygen atoms in total. The van der Waals surface area contributed by atoms with Gasteiger partial charge in [-0.2, -0.15) is 13.2 Å².